The molecule has 0 atom stereocenters. The predicted octanol–water partition coefficient (Wildman–Crippen LogP) is 3.30. The van der Waals surface area contributed by atoms with Crippen molar-refractivity contribution in [3.63, 3.8) is 0 Å². The van der Waals surface area contributed by atoms with Crippen molar-refractivity contribution in [1.29, 1.82) is 0 Å². The first-order valence-electron chi connectivity index (χ1n) is 6.95. The Kier molecular flexibility index (Phi) is 4.06. The van der Waals surface area contributed by atoms with Crippen LogP contribution >= 0.6 is 11.6 Å². The monoisotopic (exact) mass is 314 g/mol. The van der Waals surface area contributed by atoms with E-state index in [1.807, 2.05) is 43.3 Å². The summed E-state index contributed by atoms with van der Waals surface area (Å²) in [6, 6.07) is 11.7. The summed E-state index contributed by atoms with van der Waals surface area (Å²) in [6.45, 7) is 1.92. The Morgan fingerprint density at radius 2 is 2.09 bits per heavy atom. The minimum atomic E-state index is -0.121. The summed E-state index contributed by atoms with van der Waals surface area (Å²) in [7, 11) is 0. The summed E-state index contributed by atoms with van der Waals surface area (Å²) < 4.78 is 1.80. The zero-order valence-electron chi connectivity index (χ0n) is 12.1. The first-order valence-corrected chi connectivity index (χ1v) is 7.49. The lowest BCUT2D eigenvalue weighted by Gasteiger charge is -2.05. The molecule has 0 unspecified atom stereocenters. The molecule has 0 fully saturated rings. The third-order valence-electron chi connectivity index (χ3n) is 3.31. The van der Waals surface area contributed by atoms with Gasteiger partial charge in [-0.2, -0.15) is 5.10 Å². The Labute approximate surface area is 132 Å². The molecule has 2 aromatic heterocycles. The van der Waals surface area contributed by atoms with Crippen molar-refractivity contribution in [3.05, 3.63) is 48.3 Å². The number of nitrogens with zero attached hydrogens (tertiary/aromatic N) is 3. The van der Waals surface area contributed by atoms with Gasteiger partial charge in [0.25, 0.3) is 0 Å². The first-order chi connectivity index (χ1) is 10.7. The number of fused-ring (bicyclic) bond motifs is 1. The maximum Gasteiger partial charge on any atom is 0.225 e. The molecule has 2 heterocycles. The summed E-state index contributed by atoms with van der Waals surface area (Å²) in [5.41, 5.74) is 3.23. The van der Waals surface area contributed by atoms with Crippen LogP contribution in [0.1, 0.15) is 12.1 Å². The van der Waals surface area contributed by atoms with E-state index in [0.29, 0.717) is 11.6 Å². The highest BCUT2D eigenvalue weighted by atomic mass is 35.5. The molecular formula is C16H15ClN4O. The van der Waals surface area contributed by atoms with E-state index < -0.39 is 0 Å². The number of para-hydroxylation sites is 1. The Bertz CT molecular complexity index is 814. The van der Waals surface area contributed by atoms with Gasteiger partial charge in [0.05, 0.1) is 23.3 Å². The topological polar surface area (TPSA) is 59.8 Å². The number of pyridine rings is 1. The van der Waals surface area contributed by atoms with Crippen LogP contribution in [0.5, 0.6) is 0 Å². The van der Waals surface area contributed by atoms with E-state index in [0.717, 1.165) is 22.4 Å². The number of carbonyl (C=O) groups is 1. The van der Waals surface area contributed by atoms with Crippen molar-refractivity contribution in [2.24, 2.45) is 0 Å². The minimum Gasteiger partial charge on any atom is -0.325 e. The molecule has 0 saturated carbocycles. The number of halogens is 1. The van der Waals surface area contributed by atoms with Crippen LogP contribution in [0.3, 0.4) is 0 Å². The van der Waals surface area contributed by atoms with Gasteiger partial charge in [-0.15, -0.1) is 11.6 Å². The van der Waals surface area contributed by atoms with Gasteiger partial charge in [-0.1, -0.05) is 18.2 Å². The van der Waals surface area contributed by atoms with Crippen LogP contribution in [-0.4, -0.2) is 26.6 Å². The molecule has 1 N–H and O–H groups in total. The van der Waals surface area contributed by atoms with Crippen LogP contribution in [0.15, 0.2) is 42.6 Å². The second-order valence-corrected chi connectivity index (χ2v) is 5.29. The summed E-state index contributed by atoms with van der Waals surface area (Å²) in [5, 5.41) is 8.24. The molecule has 6 heteroatoms. The molecule has 112 valence electrons. The smallest absolute Gasteiger partial charge is 0.225 e. The van der Waals surface area contributed by atoms with Crippen molar-refractivity contribution in [2.75, 3.05) is 11.2 Å². The highest BCUT2D eigenvalue weighted by Crippen LogP contribution is 2.22. The van der Waals surface area contributed by atoms with Crippen LogP contribution in [0.25, 0.3) is 16.7 Å². The van der Waals surface area contributed by atoms with Crippen LogP contribution in [0.2, 0.25) is 0 Å². The Hall–Kier alpha value is -2.40. The van der Waals surface area contributed by atoms with Gasteiger partial charge in [-0.25, -0.2) is 9.67 Å². The molecule has 0 aliphatic rings. The zero-order chi connectivity index (χ0) is 15.5. The molecule has 0 radical (unpaired) electrons. The zero-order valence-corrected chi connectivity index (χ0v) is 12.8. The van der Waals surface area contributed by atoms with E-state index in [1.54, 1.807) is 10.9 Å². The largest absolute Gasteiger partial charge is 0.325 e. The van der Waals surface area contributed by atoms with Gasteiger partial charge in [-0.05, 0) is 25.1 Å². The number of hydrogen-bond acceptors (Lipinski definition) is 3. The van der Waals surface area contributed by atoms with E-state index in [2.05, 4.69) is 15.4 Å². The molecule has 0 spiro atoms. The van der Waals surface area contributed by atoms with Crippen molar-refractivity contribution in [3.8, 4) is 5.69 Å². The van der Waals surface area contributed by atoms with Gasteiger partial charge in [0, 0.05) is 17.7 Å². The standard InChI is InChI=1S/C16H15ClN4O/c1-11-14-9-12(19-15(22)7-8-17)10-18-16(14)21(20-11)13-5-3-2-4-6-13/h2-6,9-10H,7-8H2,1H3,(H,19,22). The fraction of sp³-hybridized carbons (Fsp3) is 0.188. The minimum absolute atomic E-state index is 0.121. The van der Waals surface area contributed by atoms with Crippen molar-refractivity contribution >= 4 is 34.2 Å². The first kappa shape index (κ1) is 14.5. The lowest BCUT2D eigenvalue weighted by atomic mass is 10.2. The number of anilines is 1. The second kappa shape index (κ2) is 6.15. The average molecular weight is 315 g/mol. The van der Waals surface area contributed by atoms with Crippen LogP contribution in [-0.2, 0) is 4.79 Å². The average Bonchev–Trinajstić information content (AvgIpc) is 2.85. The number of benzene rings is 1. The number of hydrogen-bond donors (Lipinski definition) is 1. The van der Waals surface area contributed by atoms with E-state index in [4.69, 9.17) is 11.6 Å². The van der Waals surface area contributed by atoms with E-state index in [-0.39, 0.29) is 12.3 Å². The molecule has 1 aromatic carbocycles. The number of amides is 1. The molecule has 0 saturated heterocycles. The van der Waals surface area contributed by atoms with Crippen molar-refractivity contribution in [2.45, 2.75) is 13.3 Å². The molecular weight excluding hydrogens is 300 g/mol. The van der Waals surface area contributed by atoms with Crippen LogP contribution in [0.4, 0.5) is 5.69 Å². The maximum absolute atomic E-state index is 11.6. The van der Waals surface area contributed by atoms with Gasteiger partial charge in [0.15, 0.2) is 5.65 Å². The maximum atomic E-state index is 11.6. The quantitative estimate of drug-likeness (QED) is 0.752. The molecule has 5 nitrogen and oxygen atoms in total. The van der Waals surface area contributed by atoms with Crippen molar-refractivity contribution < 1.29 is 4.79 Å². The SMILES string of the molecule is Cc1nn(-c2ccccc2)c2ncc(NC(=O)CCCl)cc12. The number of aryl methyl sites for hydroxylation is 1. The van der Waals surface area contributed by atoms with Gasteiger partial charge in [0.1, 0.15) is 0 Å². The molecule has 3 aromatic rings. The van der Waals surface area contributed by atoms with Crippen molar-refractivity contribution in [1.82, 2.24) is 14.8 Å². The third-order valence-corrected chi connectivity index (χ3v) is 3.50. The highest BCUT2D eigenvalue weighted by molar-refractivity contribution is 6.19. The third kappa shape index (κ3) is 2.80. The Morgan fingerprint density at radius 1 is 1.32 bits per heavy atom. The van der Waals surface area contributed by atoms with Gasteiger partial charge < -0.3 is 5.32 Å². The van der Waals surface area contributed by atoms with E-state index in [9.17, 15) is 4.79 Å². The molecule has 3 rings (SSSR count). The summed E-state index contributed by atoms with van der Waals surface area (Å²) >= 11 is 5.56. The summed E-state index contributed by atoms with van der Waals surface area (Å²) in [5.74, 6) is 0.177. The molecule has 0 aliphatic carbocycles. The highest BCUT2D eigenvalue weighted by Gasteiger charge is 2.11. The fourth-order valence-corrected chi connectivity index (χ4v) is 2.44. The number of carbonyl (C=O) groups excluding carboxylic acids is 1. The second-order valence-electron chi connectivity index (χ2n) is 4.92. The molecule has 0 aliphatic heterocycles. The lowest BCUT2D eigenvalue weighted by molar-refractivity contribution is -0.115. The van der Waals surface area contributed by atoms with Crippen LogP contribution < -0.4 is 5.32 Å². The lowest BCUT2D eigenvalue weighted by Crippen LogP contribution is -2.11. The Balaban J connectivity index is 2.00. The molecule has 1 amide bonds. The molecule has 0 bridgehead atoms. The normalized spacial score (nSPS) is 10.8. The number of alkyl halides is 1. The predicted molar refractivity (Wildman–Crippen MR) is 87.6 cm³/mol. The number of nitrogens with one attached hydrogen (secondary N) is 1. The van der Waals surface area contributed by atoms with Gasteiger partial charge in [-0.3, -0.25) is 4.79 Å². The number of rotatable bonds is 4. The van der Waals surface area contributed by atoms with E-state index >= 15 is 0 Å². The van der Waals surface area contributed by atoms with Gasteiger partial charge >= 0.3 is 0 Å². The Morgan fingerprint density at radius 3 is 2.82 bits per heavy atom. The summed E-state index contributed by atoms with van der Waals surface area (Å²) in [4.78, 5) is 16.1. The fourth-order valence-electron chi connectivity index (χ4n) is 2.27. The van der Waals surface area contributed by atoms with Crippen LogP contribution in [0, 0.1) is 6.92 Å². The molecule has 22 heavy (non-hydrogen) atoms. The summed E-state index contributed by atoms with van der Waals surface area (Å²) in [6.07, 6.45) is 1.91. The number of aromatic nitrogens is 3. The van der Waals surface area contributed by atoms with Gasteiger partial charge in [0.2, 0.25) is 5.91 Å². The van der Waals surface area contributed by atoms with E-state index in [1.165, 1.54) is 0 Å².